The molecule has 1 aliphatic carbocycles. The summed E-state index contributed by atoms with van der Waals surface area (Å²) in [6.07, 6.45) is 12.7. The quantitative estimate of drug-likeness (QED) is 0.648. The molecule has 0 amide bonds. The molecule has 0 aromatic carbocycles. The molecule has 0 bridgehead atoms. The number of hydrogen-bond donors (Lipinski definition) is 0. The number of ether oxygens (including phenoxy) is 1. The first-order chi connectivity index (χ1) is 6.84. The molecule has 3 aliphatic rings. The van der Waals surface area contributed by atoms with Crippen molar-refractivity contribution in [2.45, 2.75) is 12.2 Å². The summed E-state index contributed by atoms with van der Waals surface area (Å²) in [5, 5.41) is 0. The Bertz CT molecular complexity index is 369. The van der Waals surface area contributed by atoms with E-state index in [0.717, 1.165) is 4.48 Å². The van der Waals surface area contributed by atoms with Crippen molar-refractivity contribution in [2.75, 3.05) is 0 Å². The SMILES string of the molecule is BrC1=CC2C(C=C1)OC1C=NC=CC12. The van der Waals surface area contributed by atoms with Gasteiger partial charge in [-0.15, -0.1) is 0 Å². The first-order valence-electron chi connectivity index (χ1n) is 4.75. The number of hydrogen-bond acceptors (Lipinski definition) is 2. The van der Waals surface area contributed by atoms with E-state index in [-0.39, 0.29) is 12.2 Å². The van der Waals surface area contributed by atoms with Gasteiger partial charge in [0, 0.05) is 28.7 Å². The fraction of sp³-hybridized carbons (Fsp3) is 0.364. The molecule has 0 saturated carbocycles. The van der Waals surface area contributed by atoms with Crippen LogP contribution >= 0.6 is 15.9 Å². The second-order valence-corrected chi connectivity index (χ2v) is 4.69. The zero-order valence-corrected chi connectivity index (χ0v) is 9.09. The van der Waals surface area contributed by atoms with Crippen LogP contribution in [0.5, 0.6) is 0 Å². The molecule has 0 aromatic heterocycles. The van der Waals surface area contributed by atoms with Crippen molar-refractivity contribution < 1.29 is 4.74 Å². The fourth-order valence-corrected chi connectivity index (χ4v) is 2.72. The largest absolute Gasteiger partial charge is 0.364 e. The molecular formula is C11H10BrNO. The lowest BCUT2D eigenvalue weighted by atomic mass is 9.84. The van der Waals surface area contributed by atoms with E-state index < -0.39 is 0 Å². The van der Waals surface area contributed by atoms with Crippen molar-refractivity contribution in [1.82, 2.24) is 0 Å². The number of allylic oxidation sites excluding steroid dienone is 2. The number of halogens is 1. The smallest absolute Gasteiger partial charge is 0.100 e. The summed E-state index contributed by atoms with van der Waals surface area (Å²) >= 11 is 3.50. The molecule has 1 saturated heterocycles. The van der Waals surface area contributed by atoms with Crippen LogP contribution in [0.15, 0.2) is 40.0 Å². The molecule has 2 aliphatic heterocycles. The summed E-state index contributed by atoms with van der Waals surface area (Å²) in [4.78, 5) is 4.11. The molecule has 0 aromatic rings. The Labute approximate surface area is 91.2 Å². The summed E-state index contributed by atoms with van der Waals surface area (Å²) in [5.41, 5.74) is 0. The van der Waals surface area contributed by atoms with E-state index in [9.17, 15) is 0 Å². The molecule has 1 fully saturated rings. The topological polar surface area (TPSA) is 21.6 Å². The average molecular weight is 252 g/mol. The highest BCUT2D eigenvalue weighted by Crippen LogP contribution is 2.39. The van der Waals surface area contributed by atoms with Gasteiger partial charge in [-0.05, 0) is 6.08 Å². The third-order valence-electron chi connectivity index (χ3n) is 2.94. The van der Waals surface area contributed by atoms with Gasteiger partial charge in [-0.25, -0.2) is 0 Å². The van der Waals surface area contributed by atoms with Crippen molar-refractivity contribution in [3.63, 3.8) is 0 Å². The number of aliphatic imine (C=N–C) groups is 1. The lowest BCUT2D eigenvalue weighted by Gasteiger charge is -2.19. The molecule has 14 heavy (non-hydrogen) atoms. The van der Waals surface area contributed by atoms with Crippen LogP contribution in [0.4, 0.5) is 0 Å². The first kappa shape index (κ1) is 8.62. The first-order valence-corrected chi connectivity index (χ1v) is 5.55. The van der Waals surface area contributed by atoms with Gasteiger partial charge in [0.25, 0.3) is 0 Å². The Morgan fingerprint density at radius 1 is 1.21 bits per heavy atom. The van der Waals surface area contributed by atoms with Crippen molar-refractivity contribution in [3.8, 4) is 0 Å². The van der Waals surface area contributed by atoms with Gasteiger partial charge in [0.2, 0.25) is 0 Å². The van der Waals surface area contributed by atoms with Crippen LogP contribution in [-0.4, -0.2) is 18.4 Å². The van der Waals surface area contributed by atoms with Gasteiger partial charge < -0.3 is 4.74 Å². The van der Waals surface area contributed by atoms with Gasteiger partial charge in [-0.1, -0.05) is 34.2 Å². The van der Waals surface area contributed by atoms with E-state index in [0.29, 0.717) is 11.8 Å². The minimum atomic E-state index is 0.161. The normalized spacial score (nSPS) is 43.4. The Balaban J connectivity index is 1.95. The summed E-state index contributed by atoms with van der Waals surface area (Å²) in [6, 6.07) is 0. The van der Waals surface area contributed by atoms with Crippen LogP contribution < -0.4 is 0 Å². The molecule has 2 nitrogen and oxygen atoms in total. The Morgan fingerprint density at radius 2 is 2.14 bits per heavy atom. The summed E-state index contributed by atoms with van der Waals surface area (Å²) in [5.74, 6) is 0.914. The van der Waals surface area contributed by atoms with Crippen LogP contribution in [0, 0.1) is 11.8 Å². The number of nitrogens with zero attached hydrogens (tertiary/aromatic N) is 1. The highest BCUT2D eigenvalue weighted by atomic mass is 79.9. The van der Waals surface area contributed by atoms with Gasteiger partial charge in [0.1, 0.15) is 6.10 Å². The Kier molecular flexibility index (Phi) is 1.96. The fourth-order valence-electron chi connectivity index (χ4n) is 2.26. The predicted octanol–water partition coefficient (Wildman–Crippen LogP) is 2.43. The number of rotatable bonds is 0. The maximum Gasteiger partial charge on any atom is 0.100 e. The molecule has 3 heteroatoms. The van der Waals surface area contributed by atoms with Gasteiger partial charge >= 0.3 is 0 Å². The van der Waals surface area contributed by atoms with Crippen molar-refractivity contribution >= 4 is 22.1 Å². The van der Waals surface area contributed by atoms with Crippen LogP contribution in [0.3, 0.4) is 0 Å². The summed E-state index contributed by atoms with van der Waals surface area (Å²) in [7, 11) is 0. The molecule has 0 radical (unpaired) electrons. The van der Waals surface area contributed by atoms with E-state index >= 15 is 0 Å². The van der Waals surface area contributed by atoms with Crippen LogP contribution in [0.2, 0.25) is 0 Å². The van der Waals surface area contributed by atoms with E-state index in [4.69, 9.17) is 4.74 Å². The Hall–Kier alpha value is -0.670. The molecule has 3 rings (SSSR count). The highest BCUT2D eigenvalue weighted by Gasteiger charge is 2.41. The molecule has 72 valence electrons. The van der Waals surface area contributed by atoms with Gasteiger partial charge in [-0.3, -0.25) is 4.99 Å². The van der Waals surface area contributed by atoms with Crippen LogP contribution in [0.1, 0.15) is 0 Å². The number of fused-ring (bicyclic) bond motifs is 3. The average Bonchev–Trinajstić information content (AvgIpc) is 2.56. The lowest BCUT2D eigenvalue weighted by molar-refractivity contribution is 0.102. The molecule has 2 heterocycles. The molecule has 0 spiro atoms. The van der Waals surface area contributed by atoms with E-state index in [1.165, 1.54) is 0 Å². The summed E-state index contributed by atoms with van der Waals surface area (Å²) < 4.78 is 7.02. The second-order valence-electron chi connectivity index (χ2n) is 3.77. The maximum absolute atomic E-state index is 5.86. The van der Waals surface area contributed by atoms with E-state index in [1.807, 2.05) is 12.4 Å². The van der Waals surface area contributed by atoms with Crippen LogP contribution in [0.25, 0.3) is 0 Å². The van der Waals surface area contributed by atoms with E-state index in [1.54, 1.807) is 0 Å². The van der Waals surface area contributed by atoms with Gasteiger partial charge in [-0.2, -0.15) is 0 Å². The Morgan fingerprint density at radius 3 is 3.07 bits per heavy atom. The van der Waals surface area contributed by atoms with Crippen molar-refractivity contribution in [1.29, 1.82) is 0 Å². The summed E-state index contributed by atoms with van der Waals surface area (Å²) in [6.45, 7) is 0. The standard InChI is InChI=1S/C11H10BrNO/c12-7-1-2-10-9(5-7)8-3-4-13-6-11(8)14-10/h1-6,8-11H. The predicted molar refractivity (Wildman–Crippen MR) is 59.4 cm³/mol. The van der Waals surface area contributed by atoms with Gasteiger partial charge in [0.15, 0.2) is 0 Å². The molecule has 4 atom stereocenters. The lowest BCUT2D eigenvalue weighted by Crippen LogP contribution is -2.21. The maximum atomic E-state index is 5.86. The van der Waals surface area contributed by atoms with Gasteiger partial charge in [0.05, 0.1) is 6.10 Å². The second kappa shape index (κ2) is 3.17. The molecular weight excluding hydrogens is 242 g/mol. The third-order valence-corrected chi connectivity index (χ3v) is 3.47. The zero-order valence-electron chi connectivity index (χ0n) is 7.51. The minimum Gasteiger partial charge on any atom is -0.364 e. The highest BCUT2D eigenvalue weighted by molar-refractivity contribution is 9.11. The third kappa shape index (κ3) is 1.23. The monoisotopic (exact) mass is 251 g/mol. The molecule has 0 N–H and O–H groups in total. The van der Waals surface area contributed by atoms with E-state index in [2.05, 4.69) is 45.2 Å². The zero-order chi connectivity index (χ0) is 9.54. The van der Waals surface area contributed by atoms with Crippen molar-refractivity contribution in [2.24, 2.45) is 16.8 Å². The molecule has 4 unspecified atom stereocenters. The van der Waals surface area contributed by atoms with Crippen LogP contribution in [-0.2, 0) is 4.74 Å². The minimum absolute atomic E-state index is 0.161. The van der Waals surface area contributed by atoms with Crippen molar-refractivity contribution in [3.05, 3.63) is 35.0 Å².